The fraction of sp³-hybridized carbons (Fsp3) is 0.440. The second-order valence-electron chi connectivity index (χ2n) is 10.2. The summed E-state index contributed by atoms with van der Waals surface area (Å²) in [6.07, 6.45) is 3.89. The molecule has 192 valence electrons. The van der Waals surface area contributed by atoms with Gasteiger partial charge in [-0.05, 0) is 30.7 Å². The van der Waals surface area contributed by atoms with Crippen LogP contribution in [-0.4, -0.2) is 62.7 Å². The average molecular weight is 513 g/mol. The van der Waals surface area contributed by atoms with Gasteiger partial charge in [0.15, 0.2) is 5.65 Å². The second kappa shape index (κ2) is 10.5. The molecule has 0 saturated heterocycles. The number of halogens is 1. The highest BCUT2D eigenvalue weighted by Crippen LogP contribution is 2.29. The van der Waals surface area contributed by atoms with Crippen LogP contribution in [0, 0.1) is 5.82 Å². The van der Waals surface area contributed by atoms with Crippen LogP contribution in [0.2, 0.25) is 25.7 Å². The minimum atomic E-state index is -1.24. The Kier molecular flexibility index (Phi) is 7.53. The standard InChI is InChI=1S/C25H33FN6O3Si/c1-6-17(14-33)28-25(34)19-13-32(15-35-9-10-36(3,4)5)24-23(19)29-20(12-27-24)22-18-8-7-16(26)11-21(18)31(2)30-22/h7-8,11-13,17,33H,6,9-10,14-15H2,1-5H3,(H,28,34)/t17-/m0/s1. The van der Waals surface area contributed by atoms with E-state index in [9.17, 15) is 14.3 Å². The van der Waals surface area contributed by atoms with Gasteiger partial charge < -0.3 is 19.7 Å². The fourth-order valence-corrected chi connectivity index (χ4v) is 4.69. The normalized spacial score (nSPS) is 13.0. The molecule has 0 aliphatic carbocycles. The number of carbonyl (C=O) groups excluding carboxylic acids is 1. The second-order valence-corrected chi connectivity index (χ2v) is 15.8. The molecule has 3 heterocycles. The van der Waals surface area contributed by atoms with E-state index in [0.29, 0.717) is 46.7 Å². The van der Waals surface area contributed by atoms with Gasteiger partial charge in [-0.1, -0.05) is 26.6 Å². The minimum Gasteiger partial charge on any atom is -0.394 e. The van der Waals surface area contributed by atoms with Crippen molar-refractivity contribution in [3.8, 4) is 11.4 Å². The molecule has 0 bridgehead atoms. The summed E-state index contributed by atoms with van der Waals surface area (Å²) in [7, 11) is 0.500. The van der Waals surface area contributed by atoms with Gasteiger partial charge in [-0.2, -0.15) is 5.10 Å². The zero-order valence-corrected chi connectivity index (χ0v) is 22.4. The number of nitrogens with one attached hydrogen (secondary N) is 1. The molecule has 0 unspecified atom stereocenters. The van der Waals surface area contributed by atoms with Gasteiger partial charge in [-0.3, -0.25) is 9.48 Å². The highest BCUT2D eigenvalue weighted by Gasteiger charge is 2.22. The molecular weight excluding hydrogens is 479 g/mol. The topological polar surface area (TPSA) is 107 Å². The van der Waals surface area contributed by atoms with Crippen molar-refractivity contribution < 1.29 is 19.0 Å². The summed E-state index contributed by atoms with van der Waals surface area (Å²) in [5, 5.41) is 17.7. The zero-order valence-electron chi connectivity index (χ0n) is 21.4. The van der Waals surface area contributed by atoms with Gasteiger partial charge in [0.25, 0.3) is 5.91 Å². The average Bonchev–Trinajstić information content (AvgIpc) is 3.36. The maximum atomic E-state index is 13.8. The van der Waals surface area contributed by atoms with Crippen molar-refractivity contribution in [2.45, 2.75) is 51.8 Å². The molecule has 0 aliphatic heterocycles. The summed E-state index contributed by atoms with van der Waals surface area (Å²) in [5.41, 5.74) is 2.92. The van der Waals surface area contributed by atoms with Crippen molar-refractivity contribution >= 4 is 36.0 Å². The third kappa shape index (κ3) is 5.47. The molecule has 0 radical (unpaired) electrons. The number of aliphatic hydroxyl groups is 1. The van der Waals surface area contributed by atoms with Crippen LogP contribution in [-0.2, 0) is 18.5 Å². The van der Waals surface area contributed by atoms with Crippen molar-refractivity contribution in [2.75, 3.05) is 13.2 Å². The van der Waals surface area contributed by atoms with Gasteiger partial charge in [0.2, 0.25) is 0 Å². The molecule has 1 atom stereocenters. The summed E-state index contributed by atoms with van der Waals surface area (Å²) in [4.78, 5) is 22.6. The fourth-order valence-electron chi connectivity index (χ4n) is 3.93. The number of ether oxygens (including phenoxy) is 1. The van der Waals surface area contributed by atoms with Crippen molar-refractivity contribution in [3.05, 3.63) is 42.0 Å². The van der Waals surface area contributed by atoms with Crippen LogP contribution in [0.15, 0.2) is 30.6 Å². The summed E-state index contributed by atoms with van der Waals surface area (Å²) in [6, 6.07) is 5.13. The maximum absolute atomic E-state index is 13.8. The quantitative estimate of drug-likeness (QED) is 0.246. The molecule has 9 nitrogen and oxygen atoms in total. The molecule has 2 N–H and O–H groups in total. The third-order valence-corrected chi connectivity index (χ3v) is 7.85. The Labute approximate surface area is 210 Å². The first kappa shape index (κ1) is 25.9. The predicted octanol–water partition coefficient (Wildman–Crippen LogP) is 3.94. The van der Waals surface area contributed by atoms with Crippen molar-refractivity contribution in [1.82, 2.24) is 29.6 Å². The van der Waals surface area contributed by atoms with Crippen molar-refractivity contribution in [3.63, 3.8) is 0 Å². The van der Waals surface area contributed by atoms with Crippen LogP contribution in [0.4, 0.5) is 4.39 Å². The lowest BCUT2D eigenvalue weighted by molar-refractivity contribution is 0.0884. The molecule has 4 rings (SSSR count). The number of nitrogens with zero attached hydrogens (tertiary/aromatic N) is 5. The van der Waals surface area contributed by atoms with E-state index in [-0.39, 0.29) is 31.1 Å². The number of rotatable bonds is 10. The van der Waals surface area contributed by atoms with Crippen molar-refractivity contribution in [2.24, 2.45) is 7.05 Å². The molecule has 1 amide bonds. The smallest absolute Gasteiger partial charge is 0.255 e. The monoisotopic (exact) mass is 512 g/mol. The largest absolute Gasteiger partial charge is 0.394 e. The molecule has 36 heavy (non-hydrogen) atoms. The summed E-state index contributed by atoms with van der Waals surface area (Å²) >= 11 is 0. The number of carbonyl (C=O) groups is 1. The van der Waals surface area contributed by atoms with Crippen LogP contribution in [0.1, 0.15) is 23.7 Å². The summed E-state index contributed by atoms with van der Waals surface area (Å²) < 4.78 is 23.1. The molecule has 0 saturated carbocycles. The van der Waals surface area contributed by atoms with Gasteiger partial charge in [-0.15, -0.1) is 0 Å². The van der Waals surface area contributed by atoms with Gasteiger partial charge in [0, 0.05) is 33.3 Å². The van der Waals surface area contributed by atoms with Crippen LogP contribution in [0.25, 0.3) is 33.5 Å². The van der Waals surface area contributed by atoms with Crippen LogP contribution < -0.4 is 5.32 Å². The number of hydrogen-bond donors (Lipinski definition) is 2. The Bertz CT molecular complexity index is 1390. The van der Waals surface area contributed by atoms with Gasteiger partial charge in [0.1, 0.15) is 29.5 Å². The van der Waals surface area contributed by atoms with E-state index in [4.69, 9.17) is 9.72 Å². The highest BCUT2D eigenvalue weighted by molar-refractivity contribution is 6.76. The van der Waals surface area contributed by atoms with E-state index in [2.05, 4.69) is 35.0 Å². The number of aliphatic hydroxyl groups excluding tert-OH is 1. The highest BCUT2D eigenvalue weighted by atomic mass is 28.3. The molecule has 1 aromatic carbocycles. The number of amides is 1. The lowest BCUT2D eigenvalue weighted by Gasteiger charge is -2.15. The lowest BCUT2D eigenvalue weighted by Crippen LogP contribution is -2.36. The maximum Gasteiger partial charge on any atom is 0.255 e. The van der Waals surface area contributed by atoms with E-state index < -0.39 is 8.07 Å². The number of aromatic nitrogens is 5. The molecule has 4 aromatic rings. The number of benzene rings is 1. The molecule has 11 heteroatoms. The van der Waals surface area contributed by atoms with E-state index >= 15 is 0 Å². The Morgan fingerprint density at radius 1 is 1.31 bits per heavy atom. The molecule has 0 spiro atoms. The number of fused-ring (bicyclic) bond motifs is 2. The van der Waals surface area contributed by atoms with E-state index in [1.54, 1.807) is 34.8 Å². The Morgan fingerprint density at radius 3 is 2.78 bits per heavy atom. The molecule has 0 aliphatic rings. The Balaban J connectivity index is 1.75. The Morgan fingerprint density at radius 2 is 2.08 bits per heavy atom. The molecular formula is C25H33FN6O3Si. The molecule has 3 aromatic heterocycles. The summed E-state index contributed by atoms with van der Waals surface area (Å²) in [6.45, 7) is 9.47. The minimum absolute atomic E-state index is 0.159. The van der Waals surface area contributed by atoms with Gasteiger partial charge in [-0.25, -0.2) is 14.4 Å². The molecule has 0 fully saturated rings. The first-order valence-corrected chi connectivity index (χ1v) is 15.8. The van der Waals surface area contributed by atoms with E-state index in [1.807, 2.05) is 6.92 Å². The summed E-state index contributed by atoms with van der Waals surface area (Å²) in [5.74, 6) is -0.695. The van der Waals surface area contributed by atoms with E-state index in [1.165, 1.54) is 12.1 Å². The van der Waals surface area contributed by atoms with Crippen molar-refractivity contribution in [1.29, 1.82) is 0 Å². The first-order chi connectivity index (χ1) is 17.1. The number of aryl methyl sites for hydroxylation is 1. The van der Waals surface area contributed by atoms with Crippen LogP contribution >= 0.6 is 0 Å². The Hall–Kier alpha value is -3.15. The van der Waals surface area contributed by atoms with Crippen LogP contribution in [0.3, 0.4) is 0 Å². The zero-order chi connectivity index (χ0) is 26.0. The first-order valence-electron chi connectivity index (χ1n) is 12.1. The van der Waals surface area contributed by atoms with Crippen LogP contribution in [0.5, 0.6) is 0 Å². The SMILES string of the molecule is CC[C@@H](CO)NC(=O)c1cn(COCC[Si](C)(C)C)c2ncc(-c3nn(C)c4cc(F)ccc34)nc12. The van der Waals surface area contributed by atoms with E-state index in [0.717, 1.165) is 11.4 Å². The lowest BCUT2D eigenvalue weighted by atomic mass is 10.1. The van der Waals surface area contributed by atoms with Gasteiger partial charge >= 0.3 is 0 Å². The number of hydrogen-bond acceptors (Lipinski definition) is 6. The predicted molar refractivity (Wildman–Crippen MR) is 140 cm³/mol. The van der Waals surface area contributed by atoms with Gasteiger partial charge in [0.05, 0.1) is 29.9 Å². The third-order valence-electron chi connectivity index (χ3n) is 6.14.